The summed E-state index contributed by atoms with van der Waals surface area (Å²) in [7, 11) is 0. The molecule has 3 aromatic carbocycles. The molecule has 0 fully saturated rings. The minimum absolute atomic E-state index is 0. The summed E-state index contributed by atoms with van der Waals surface area (Å²) in [5, 5.41) is 61.8. The average Bonchev–Trinajstić information content (AvgIpc) is 2.57. The molecular formula is C18H12NaO6Ti-. The van der Waals surface area contributed by atoms with E-state index in [1.165, 1.54) is 36.4 Å². The topological polar surface area (TPSA) is 138 Å². The molecule has 0 aromatic heterocycles. The van der Waals surface area contributed by atoms with Crippen LogP contribution in [0.3, 0.4) is 0 Å². The molecule has 0 saturated heterocycles. The number of hydrogen-bond donors (Lipinski definition) is 0. The summed E-state index contributed by atoms with van der Waals surface area (Å²) in [6, 6.07) is 16.8. The van der Waals surface area contributed by atoms with Gasteiger partial charge in [0.1, 0.15) is 0 Å². The SMILES string of the molecule is [Na+].[O-]c1ccccc1[O-].[O-]c1ccccc1[O-].[O-]c1ccccc1[O-].[Ti+4]. The fraction of sp³-hybridized carbons (Fsp3) is 0. The van der Waals surface area contributed by atoms with Crippen LogP contribution in [0.1, 0.15) is 0 Å². The maximum Gasteiger partial charge on any atom is 4.00 e. The van der Waals surface area contributed by atoms with Gasteiger partial charge in [0, 0.05) is 0 Å². The molecule has 0 saturated carbocycles. The molecule has 0 aliphatic rings. The summed E-state index contributed by atoms with van der Waals surface area (Å²) in [6.07, 6.45) is 0. The zero-order chi connectivity index (χ0) is 17.9. The van der Waals surface area contributed by atoms with E-state index in [1.807, 2.05) is 0 Å². The van der Waals surface area contributed by atoms with Crippen molar-refractivity contribution in [3.05, 3.63) is 72.8 Å². The summed E-state index contributed by atoms with van der Waals surface area (Å²) >= 11 is 0. The molecule has 0 unspecified atom stereocenters. The van der Waals surface area contributed by atoms with Gasteiger partial charge in [-0.05, 0) is 0 Å². The molecule has 6 nitrogen and oxygen atoms in total. The van der Waals surface area contributed by atoms with Crippen molar-refractivity contribution in [2.75, 3.05) is 0 Å². The van der Waals surface area contributed by atoms with Crippen molar-refractivity contribution in [2.45, 2.75) is 0 Å². The largest absolute Gasteiger partial charge is 4.00 e. The maximum atomic E-state index is 10.3. The predicted octanol–water partition coefficient (Wildman–Crippen LogP) is -3.50. The second kappa shape index (κ2) is 14.4. The van der Waals surface area contributed by atoms with Gasteiger partial charge in [-0.25, -0.2) is 0 Å². The Morgan fingerprint density at radius 3 is 0.538 bits per heavy atom. The van der Waals surface area contributed by atoms with E-state index in [9.17, 15) is 30.6 Å². The third-order valence-corrected chi connectivity index (χ3v) is 2.55. The van der Waals surface area contributed by atoms with Crippen LogP contribution in [0, 0.1) is 0 Å². The Bertz CT molecular complexity index is 604. The van der Waals surface area contributed by atoms with Gasteiger partial charge in [0.05, 0.1) is 0 Å². The van der Waals surface area contributed by atoms with Crippen LogP contribution in [0.2, 0.25) is 0 Å². The Balaban J connectivity index is 0. The Labute approximate surface area is 188 Å². The molecule has 0 spiro atoms. The van der Waals surface area contributed by atoms with E-state index in [-0.39, 0.29) is 51.3 Å². The minimum atomic E-state index is -0.437. The normalized spacial score (nSPS) is 8.31. The van der Waals surface area contributed by atoms with Crippen LogP contribution in [0.25, 0.3) is 0 Å². The van der Waals surface area contributed by atoms with Gasteiger partial charge in [-0.3, -0.25) is 0 Å². The zero-order valence-electron chi connectivity index (χ0n) is 13.9. The summed E-state index contributed by atoms with van der Waals surface area (Å²) in [4.78, 5) is 0. The molecule has 126 valence electrons. The van der Waals surface area contributed by atoms with Gasteiger partial charge in [0.15, 0.2) is 0 Å². The van der Waals surface area contributed by atoms with E-state index >= 15 is 0 Å². The van der Waals surface area contributed by atoms with Crippen molar-refractivity contribution >= 4 is 0 Å². The Hall–Kier alpha value is -1.83. The fourth-order valence-corrected chi connectivity index (χ4v) is 1.35. The van der Waals surface area contributed by atoms with E-state index in [0.29, 0.717) is 0 Å². The molecule has 0 aliphatic carbocycles. The van der Waals surface area contributed by atoms with E-state index in [4.69, 9.17) is 0 Å². The number of rotatable bonds is 0. The van der Waals surface area contributed by atoms with Crippen LogP contribution < -0.4 is 60.2 Å². The van der Waals surface area contributed by atoms with Crippen molar-refractivity contribution in [3.63, 3.8) is 0 Å². The van der Waals surface area contributed by atoms with Gasteiger partial charge in [0.2, 0.25) is 0 Å². The third kappa shape index (κ3) is 10.2. The summed E-state index contributed by atoms with van der Waals surface area (Å²) < 4.78 is 0. The van der Waals surface area contributed by atoms with Gasteiger partial charge in [0.25, 0.3) is 0 Å². The van der Waals surface area contributed by atoms with Crippen molar-refractivity contribution in [3.8, 4) is 34.5 Å². The Morgan fingerprint density at radius 2 is 0.462 bits per heavy atom. The second-order valence-electron chi connectivity index (χ2n) is 4.34. The first kappa shape index (κ1) is 26.4. The fourth-order valence-electron chi connectivity index (χ4n) is 1.35. The Kier molecular flexibility index (Phi) is 14.6. The van der Waals surface area contributed by atoms with Gasteiger partial charge < -0.3 is 30.6 Å². The van der Waals surface area contributed by atoms with Crippen molar-refractivity contribution < 1.29 is 81.9 Å². The molecule has 0 amide bonds. The Morgan fingerprint density at radius 1 is 0.346 bits per heavy atom. The number of para-hydroxylation sites is 6. The van der Waals surface area contributed by atoms with Gasteiger partial charge in [-0.1, -0.05) is 72.8 Å². The molecular weight excluding hydrogens is 383 g/mol. The first-order valence-corrected chi connectivity index (χ1v) is 6.71. The standard InChI is InChI=1S/3C6H6O2.Na.Ti/c3*7-5-3-1-2-4-6(5)8;;/h3*1-4,7-8H;;/q;;;+1;+4/p-6. The van der Waals surface area contributed by atoms with Gasteiger partial charge >= 0.3 is 51.3 Å². The molecule has 0 radical (unpaired) electrons. The summed E-state index contributed by atoms with van der Waals surface area (Å²) in [6.45, 7) is 0. The van der Waals surface area contributed by atoms with E-state index in [1.54, 1.807) is 36.4 Å². The molecule has 0 heterocycles. The zero-order valence-corrected chi connectivity index (χ0v) is 17.4. The number of hydrogen-bond acceptors (Lipinski definition) is 6. The summed E-state index contributed by atoms with van der Waals surface area (Å²) in [5.74, 6) is -2.62. The smallest absolute Gasteiger partial charge is 0.873 e. The van der Waals surface area contributed by atoms with E-state index in [0.717, 1.165) is 0 Å². The van der Waals surface area contributed by atoms with Crippen LogP contribution in [0.5, 0.6) is 34.5 Å². The molecule has 3 aromatic rings. The van der Waals surface area contributed by atoms with Crippen LogP contribution in [0.4, 0.5) is 0 Å². The van der Waals surface area contributed by atoms with Crippen LogP contribution in [-0.4, -0.2) is 0 Å². The molecule has 0 aliphatic heterocycles. The van der Waals surface area contributed by atoms with Crippen LogP contribution in [-0.2, 0) is 21.7 Å². The molecule has 0 bridgehead atoms. The maximum absolute atomic E-state index is 10.3. The van der Waals surface area contributed by atoms with E-state index < -0.39 is 34.5 Å². The van der Waals surface area contributed by atoms with Gasteiger partial charge in [-0.15, -0.1) is 34.5 Å². The van der Waals surface area contributed by atoms with E-state index in [2.05, 4.69) is 0 Å². The minimum Gasteiger partial charge on any atom is -0.873 e. The van der Waals surface area contributed by atoms with Gasteiger partial charge in [-0.2, -0.15) is 0 Å². The third-order valence-electron chi connectivity index (χ3n) is 2.55. The molecule has 3 rings (SSSR count). The monoisotopic (exact) mass is 395 g/mol. The first-order valence-electron chi connectivity index (χ1n) is 6.71. The molecule has 0 N–H and O–H groups in total. The van der Waals surface area contributed by atoms with Crippen LogP contribution >= 0.6 is 0 Å². The molecule has 0 atom stereocenters. The van der Waals surface area contributed by atoms with Crippen molar-refractivity contribution in [2.24, 2.45) is 0 Å². The number of benzene rings is 3. The summed E-state index contributed by atoms with van der Waals surface area (Å²) in [5.41, 5.74) is 0. The molecule has 26 heavy (non-hydrogen) atoms. The van der Waals surface area contributed by atoms with Crippen molar-refractivity contribution in [1.82, 2.24) is 0 Å². The van der Waals surface area contributed by atoms with Crippen LogP contribution in [0.15, 0.2) is 72.8 Å². The van der Waals surface area contributed by atoms with Crippen molar-refractivity contribution in [1.29, 1.82) is 0 Å². The first-order chi connectivity index (χ1) is 11.4. The quantitative estimate of drug-likeness (QED) is 0.362. The average molecular weight is 395 g/mol. The second-order valence-corrected chi connectivity index (χ2v) is 4.34. The predicted molar refractivity (Wildman–Crippen MR) is 76.0 cm³/mol. The molecule has 8 heteroatoms.